The van der Waals surface area contributed by atoms with Gasteiger partial charge in [-0.05, 0) is 23.8 Å². The number of aliphatic carboxylic acids is 1. The van der Waals surface area contributed by atoms with Crippen LogP contribution >= 0.6 is 0 Å². The van der Waals surface area contributed by atoms with Crippen LogP contribution in [0.25, 0.3) is 0 Å². The molecule has 4 nitrogen and oxygen atoms in total. The molecule has 2 aromatic rings. The van der Waals surface area contributed by atoms with E-state index >= 15 is 0 Å². The number of benzene rings is 2. The number of hydrogen-bond donors (Lipinski definition) is 2. The Balaban J connectivity index is 2.12. The van der Waals surface area contributed by atoms with E-state index in [4.69, 9.17) is 0 Å². The summed E-state index contributed by atoms with van der Waals surface area (Å²) in [5.41, 5.74) is 0.596. The summed E-state index contributed by atoms with van der Waals surface area (Å²) in [6, 6.07) is 10.2. The zero-order valence-corrected chi connectivity index (χ0v) is 11.4. The number of halogens is 2. The fourth-order valence-corrected chi connectivity index (χ4v) is 1.93. The fraction of sp³-hybridized carbons (Fsp3) is 0.125. The van der Waals surface area contributed by atoms with E-state index < -0.39 is 29.6 Å². The first-order valence-electron chi connectivity index (χ1n) is 6.50. The standard InChI is InChI=1S/C16H13F2NO3/c17-12-7-6-11(9-13(12)18)15(20)19-14(16(21)22)8-10-4-2-1-3-5-10/h1-7,9,14H,8H2,(H,19,20)(H,21,22)/t14-/m1/s1. The molecular formula is C16H13F2NO3. The van der Waals surface area contributed by atoms with Crippen molar-refractivity contribution in [3.8, 4) is 0 Å². The van der Waals surface area contributed by atoms with Crippen molar-refractivity contribution in [2.75, 3.05) is 0 Å². The van der Waals surface area contributed by atoms with Crippen molar-refractivity contribution in [1.29, 1.82) is 0 Å². The van der Waals surface area contributed by atoms with Gasteiger partial charge in [-0.3, -0.25) is 4.79 Å². The third-order valence-corrected chi connectivity index (χ3v) is 3.07. The van der Waals surface area contributed by atoms with E-state index in [2.05, 4.69) is 5.32 Å². The van der Waals surface area contributed by atoms with Crippen LogP contribution in [-0.4, -0.2) is 23.0 Å². The van der Waals surface area contributed by atoms with Crippen molar-refractivity contribution in [3.05, 3.63) is 71.3 Å². The highest BCUT2D eigenvalue weighted by Gasteiger charge is 2.21. The van der Waals surface area contributed by atoms with E-state index in [1.807, 2.05) is 0 Å². The van der Waals surface area contributed by atoms with Crippen molar-refractivity contribution in [2.24, 2.45) is 0 Å². The van der Waals surface area contributed by atoms with Crippen molar-refractivity contribution in [1.82, 2.24) is 5.32 Å². The highest BCUT2D eigenvalue weighted by molar-refractivity contribution is 5.96. The number of amides is 1. The largest absolute Gasteiger partial charge is 0.480 e. The fourth-order valence-electron chi connectivity index (χ4n) is 1.93. The molecule has 0 saturated carbocycles. The normalized spacial score (nSPS) is 11.7. The minimum absolute atomic E-state index is 0.0889. The second-order valence-corrected chi connectivity index (χ2v) is 4.68. The molecule has 0 aromatic heterocycles. The number of carbonyl (C=O) groups is 2. The van der Waals surface area contributed by atoms with Gasteiger partial charge in [0.05, 0.1) is 0 Å². The zero-order valence-electron chi connectivity index (χ0n) is 11.4. The molecule has 2 rings (SSSR count). The molecule has 0 aliphatic carbocycles. The topological polar surface area (TPSA) is 66.4 Å². The molecule has 114 valence electrons. The summed E-state index contributed by atoms with van der Waals surface area (Å²) in [5.74, 6) is -4.22. The number of carboxylic acid groups (broad SMARTS) is 1. The van der Waals surface area contributed by atoms with Gasteiger partial charge in [-0.1, -0.05) is 30.3 Å². The van der Waals surface area contributed by atoms with Crippen LogP contribution in [0.3, 0.4) is 0 Å². The van der Waals surface area contributed by atoms with Gasteiger partial charge in [-0.2, -0.15) is 0 Å². The molecule has 0 aliphatic heterocycles. The van der Waals surface area contributed by atoms with Crippen LogP contribution in [0.15, 0.2) is 48.5 Å². The quantitative estimate of drug-likeness (QED) is 0.891. The second-order valence-electron chi connectivity index (χ2n) is 4.68. The van der Waals surface area contributed by atoms with Gasteiger partial charge in [0, 0.05) is 12.0 Å². The Hall–Kier alpha value is -2.76. The molecular weight excluding hydrogens is 292 g/mol. The molecule has 0 radical (unpaired) electrons. The lowest BCUT2D eigenvalue weighted by atomic mass is 10.1. The molecule has 6 heteroatoms. The summed E-state index contributed by atoms with van der Waals surface area (Å²) < 4.78 is 26.0. The molecule has 0 spiro atoms. The lowest BCUT2D eigenvalue weighted by molar-refractivity contribution is -0.139. The van der Waals surface area contributed by atoms with Crippen molar-refractivity contribution in [3.63, 3.8) is 0 Å². The van der Waals surface area contributed by atoms with E-state index in [0.29, 0.717) is 0 Å². The monoisotopic (exact) mass is 305 g/mol. The van der Waals surface area contributed by atoms with E-state index in [1.54, 1.807) is 30.3 Å². The summed E-state index contributed by atoms with van der Waals surface area (Å²) in [7, 11) is 0. The Morgan fingerprint density at radius 1 is 1.05 bits per heavy atom. The first kappa shape index (κ1) is 15.6. The second kappa shape index (κ2) is 6.80. The summed E-state index contributed by atoms with van der Waals surface area (Å²) >= 11 is 0. The number of carboxylic acids is 1. The van der Waals surface area contributed by atoms with Crippen molar-refractivity contribution in [2.45, 2.75) is 12.5 Å². The highest BCUT2D eigenvalue weighted by atomic mass is 19.2. The van der Waals surface area contributed by atoms with E-state index in [0.717, 1.165) is 23.8 Å². The molecule has 22 heavy (non-hydrogen) atoms. The van der Waals surface area contributed by atoms with Crippen LogP contribution in [0.1, 0.15) is 15.9 Å². The predicted octanol–water partition coefficient (Wildman–Crippen LogP) is 2.39. The van der Waals surface area contributed by atoms with Crippen molar-refractivity contribution < 1.29 is 23.5 Å². The van der Waals surface area contributed by atoms with Crippen LogP contribution in [0, 0.1) is 11.6 Å². The minimum atomic E-state index is -1.21. The van der Waals surface area contributed by atoms with Gasteiger partial charge in [-0.15, -0.1) is 0 Å². The summed E-state index contributed by atoms with van der Waals surface area (Å²) in [6.45, 7) is 0. The third kappa shape index (κ3) is 3.88. The van der Waals surface area contributed by atoms with Crippen LogP contribution in [0.4, 0.5) is 8.78 Å². The maximum atomic E-state index is 13.1. The van der Waals surface area contributed by atoms with Crippen LogP contribution < -0.4 is 5.32 Å². The van der Waals surface area contributed by atoms with Crippen LogP contribution in [0.5, 0.6) is 0 Å². The molecule has 0 aliphatic rings. The Morgan fingerprint density at radius 3 is 2.32 bits per heavy atom. The average molecular weight is 305 g/mol. The summed E-state index contributed by atoms with van der Waals surface area (Å²) in [6.07, 6.45) is 0.0889. The Morgan fingerprint density at radius 2 is 1.73 bits per heavy atom. The van der Waals surface area contributed by atoms with Gasteiger partial charge in [0.25, 0.3) is 5.91 Å². The zero-order chi connectivity index (χ0) is 16.1. The molecule has 1 atom stereocenters. The van der Waals surface area contributed by atoms with Crippen LogP contribution in [0.2, 0.25) is 0 Å². The lowest BCUT2D eigenvalue weighted by Gasteiger charge is -2.14. The Labute approximate surface area is 125 Å². The van der Waals surface area contributed by atoms with Gasteiger partial charge >= 0.3 is 5.97 Å². The first-order chi connectivity index (χ1) is 10.5. The van der Waals surface area contributed by atoms with Gasteiger partial charge in [0.2, 0.25) is 0 Å². The van der Waals surface area contributed by atoms with Gasteiger partial charge < -0.3 is 10.4 Å². The minimum Gasteiger partial charge on any atom is -0.480 e. The first-order valence-corrected chi connectivity index (χ1v) is 6.50. The van der Waals surface area contributed by atoms with Crippen molar-refractivity contribution >= 4 is 11.9 Å². The van der Waals surface area contributed by atoms with Crippen LogP contribution in [-0.2, 0) is 11.2 Å². The van der Waals surface area contributed by atoms with Gasteiger partial charge in [-0.25, -0.2) is 13.6 Å². The number of rotatable bonds is 5. The highest BCUT2D eigenvalue weighted by Crippen LogP contribution is 2.10. The maximum Gasteiger partial charge on any atom is 0.326 e. The molecule has 2 aromatic carbocycles. The number of nitrogens with one attached hydrogen (secondary N) is 1. The molecule has 0 heterocycles. The van der Waals surface area contributed by atoms with Gasteiger partial charge in [0.15, 0.2) is 11.6 Å². The van der Waals surface area contributed by atoms with Gasteiger partial charge in [0.1, 0.15) is 6.04 Å². The van der Waals surface area contributed by atoms with E-state index in [9.17, 15) is 23.5 Å². The smallest absolute Gasteiger partial charge is 0.326 e. The maximum absolute atomic E-state index is 13.1. The Bertz CT molecular complexity index is 689. The Kier molecular flexibility index (Phi) is 4.83. The number of hydrogen-bond acceptors (Lipinski definition) is 2. The average Bonchev–Trinajstić information content (AvgIpc) is 2.50. The SMILES string of the molecule is O=C(N[C@H](Cc1ccccc1)C(=O)O)c1ccc(F)c(F)c1. The number of carbonyl (C=O) groups excluding carboxylic acids is 1. The molecule has 0 saturated heterocycles. The summed E-state index contributed by atoms with van der Waals surface area (Å²) in [4.78, 5) is 23.2. The molecule has 2 N–H and O–H groups in total. The molecule has 0 bridgehead atoms. The third-order valence-electron chi connectivity index (χ3n) is 3.07. The molecule has 0 fully saturated rings. The lowest BCUT2D eigenvalue weighted by Crippen LogP contribution is -2.42. The predicted molar refractivity (Wildman–Crippen MR) is 75.4 cm³/mol. The van der Waals surface area contributed by atoms with E-state index in [-0.39, 0.29) is 12.0 Å². The summed E-state index contributed by atoms with van der Waals surface area (Å²) in [5, 5.41) is 11.5. The molecule has 0 unspecified atom stereocenters. The van der Waals surface area contributed by atoms with E-state index in [1.165, 1.54) is 0 Å². The molecule has 1 amide bonds.